The van der Waals surface area contributed by atoms with Gasteiger partial charge >= 0.3 is 0 Å². The Hall–Kier alpha value is -2.05. The molecular formula is C20H25NO4S. The number of fused-ring (bicyclic) bond motifs is 1. The third-order valence-electron chi connectivity index (χ3n) is 4.50. The van der Waals surface area contributed by atoms with Gasteiger partial charge in [0.05, 0.1) is 19.5 Å². The Morgan fingerprint density at radius 3 is 2.62 bits per heavy atom. The van der Waals surface area contributed by atoms with Crippen LogP contribution in [0.1, 0.15) is 23.6 Å². The van der Waals surface area contributed by atoms with E-state index in [2.05, 4.69) is 10.8 Å². The molecule has 6 heteroatoms. The van der Waals surface area contributed by atoms with Crippen LogP contribution in [-0.2, 0) is 29.3 Å². The highest BCUT2D eigenvalue weighted by Gasteiger charge is 2.17. The van der Waals surface area contributed by atoms with Gasteiger partial charge in [-0.2, -0.15) is 0 Å². The highest BCUT2D eigenvalue weighted by molar-refractivity contribution is 7.89. The number of benzene rings is 2. The van der Waals surface area contributed by atoms with Gasteiger partial charge in [0.1, 0.15) is 11.5 Å². The summed E-state index contributed by atoms with van der Waals surface area (Å²) in [5.41, 5.74) is 3.30. The normalized spacial score (nSPS) is 14.5. The molecule has 0 fully saturated rings. The number of aryl methyl sites for hydroxylation is 1. The lowest BCUT2D eigenvalue weighted by Gasteiger charge is -2.15. The lowest BCUT2D eigenvalue weighted by Crippen LogP contribution is -2.36. The molecule has 0 radical (unpaired) electrons. The maximum Gasteiger partial charge on any atom is 0.212 e. The molecule has 0 amide bonds. The van der Waals surface area contributed by atoms with E-state index in [-0.39, 0.29) is 11.8 Å². The van der Waals surface area contributed by atoms with Crippen LogP contribution in [0.25, 0.3) is 0 Å². The van der Waals surface area contributed by atoms with Crippen molar-refractivity contribution in [3.05, 3.63) is 59.2 Å². The molecule has 0 saturated heterocycles. The van der Waals surface area contributed by atoms with Gasteiger partial charge in [-0.15, -0.1) is 0 Å². The molecule has 1 atom stereocenters. The number of nitrogens with one attached hydrogen (secondary N) is 1. The van der Waals surface area contributed by atoms with E-state index in [4.69, 9.17) is 9.47 Å². The molecule has 1 unspecified atom stereocenters. The summed E-state index contributed by atoms with van der Waals surface area (Å²) in [4.78, 5) is 0. The number of hydrogen-bond acceptors (Lipinski definition) is 4. The Morgan fingerprint density at radius 1 is 1.15 bits per heavy atom. The molecule has 1 heterocycles. The highest BCUT2D eigenvalue weighted by atomic mass is 32.2. The van der Waals surface area contributed by atoms with E-state index in [1.807, 2.05) is 43.3 Å². The lowest BCUT2D eigenvalue weighted by atomic mass is 10.0. The Morgan fingerprint density at radius 2 is 1.88 bits per heavy atom. The van der Waals surface area contributed by atoms with Crippen molar-refractivity contribution >= 4 is 10.0 Å². The SMILES string of the molecule is COc1ccc(CCS(=O)(=O)NC(C)Cc2ccc3c(c2)CCO3)cc1. The summed E-state index contributed by atoms with van der Waals surface area (Å²) in [6.07, 6.45) is 2.06. The zero-order chi connectivity index (χ0) is 18.6. The summed E-state index contributed by atoms with van der Waals surface area (Å²) >= 11 is 0. The molecule has 0 spiro atoms. The van der Waals surface area contributed by atoms with Gasteiger partial charge in [0.2, 0.25) is 10.0 Å². The third-order valence-corrected chi connectivity index (χ3v) is 6.00. The van der Waals surface area contributed by atoms with Crippen LogP contribution in [0, 0.1) is 0 Å². The van der Waals surface area contributed by atoms with Crippen LogP contribution in [0.3, 0.4) is 0 Å². The maximum atomic E-state index is 12.4. The van der Waals surface area contributed by atoms with Crippen LogP contribution in [-0.4, -0.2) is 33.9 Å². The maximum absolute atomic E-state index is 12.4. The predicted molar refractivity (Wildman–Crippen MR) is 102 cm³/mol. The Balaban J connectivity index is 1.52. The minimum atomic E-state index is -3.33. The average Bonchev–Trinajstić information content (AvgIpc) is 3.07. The van der Waals surface area contributed by atoms with Gasteiger partial charge in [0.15, 0.2) is 0 Å². The first-order chi connectivity index (χ1) is 12.4. The molecule has 1 N–H and O–H groups in total. The third kappa shape index (κ3) is 4.99. The Kier molecular flexibility index (Phi) is 5.84. The van der Waals surface area contributed by atoms with Crippen LogP contribution in [0.2, 0.25) is 0 Å². The molecule has 5 nitrogen and oxygen atoms in total. The second kappa shape index (κ2) is 8.10. The molecule has 1 aliphatic heterocycles. The fraction of sp³-hybridized carbons (Fsp3) is 0.400. The minimum absolute atomic E-state index is 0.0711. The molecule has 1 aliphatic rings. The van der Waals surface area contributed by atoms with Crippen molar-refractivity contribution in [2.75, 3.05) is 19.5 Å². The molecule has 0 aromatic heterocycles. The Labute approximate surface area is 155 Å². The average molecular weight is 375 g/mol. The highest BCUT2D eigenvalue weighted by Crippen LogP contribution is 2.26. The quantitative estimate of drug-likeness (QED) is 0.771. The van der Waals surface area contributed by atoms with Crippen molar-refractivity contribution in [2.24, 2.45) is 0 Å². The smallest absolute Gasteiger partial charge is 0.212 e. The van der Waals surface area contributed by atoms with Crippen molar-refractivity contribution in [1.82, 2.24) is 4.72 Å². The van der Waals surface area contributed by atoms with Crippen LogP contribution in [0.4, 0.5) is 0 Å². The van der Waals surface area contributed by atoms with E-state index in [0.717, 1.165) is 35.7 Å². The number of sulfonamides is 1. The molecular weight excluding hydrogens is 350 g/mol. The molecule has 140 valence electrons. The van der Waals surface area contributed by atoms with Gasteiger partial charge in [-0.3, -0.25) is 0 Å². The van der Waals surface area contributed by atoms with Gasteiger partial charge in [-0.05, 0) is 54.7 Å². The summed E-state index contributed by atoms with van der Waals surface area (Å²) in [6, 6.07) is 13.4. The first-order valence-corrected chi connectivity index (χ1v) is 10.5. The number of ether oxygens (including phenoxy) is 2. The van der Waals surface area contributed by atoms with Crippen molar-refractivity contribution in [2.45, 2.75) is 32.2 Å². The number of rotatable bonds is 8. The topological polar surface area (TPSA) is 64.6 Å². The van der Waals surface area contributed by atoms with Gasteiger partial charge in [-0.25, -0.2) is 13.1 Å². The van der Waals surface area contributed by atoms with Crippen molar-refractivity contribution in [3.8, 4) is 11.5 Å². The standard InChI is InChI=1S/C20H25NO4S/c1-15(13-17-5-8-20-18(14-17)9-11-25-20)21-26(22,23)12-10-16-3-6-19(24-2)7-4-16/h3-8,14-15,21H,9-13H2,1-2H3. The summed E-state index contributed by atoms with van der Waals surface area (Å²) < 4.78 is 38.1. The second-order valence-corrected chi connectivity index (χ2v) is 8.55. The van der Waals surface area contributed by atoms with E-state index in [0.29, 0.717) is 12.8 Å². The minimum Gasteiger partial charge on any atom is -0.497 e. The summed E-state index contributed by atoms with van der Waals surface area (Å²) in [7, 11) is -1.72. The predicted octanol–water partition coefficient (Wildman–Crippen LogP) is 2.72. The zero-order valence-corrected chi connectivity index (χ0v) is 16.0. The van der Waals surface area contributed by atoms with Crippen LogP contribution in [0.15, 0.2) is 42.5 Å². The lowest BCUT2D eigenvalue weighted by molar-refractivity contribution is 0.357. The van der Waals surface area contributed by atoms with Gasteiger partial charge in [-0.1, -0.05) is 24.3 Å². The fourth-order valence-electron chi connectivity index (χ4n) is 3.17. The number of methoxy groups -OCH3 is 1. The summed E-state index contributed by atoms with van der Waals surface area (Å²) in [6.45, 7) is 2.63. The van der Waals surface area contributed by atoms with Gasteiger partial charge in [0, 0.05) is 12.5 Å². The summed E-state index contributed by atoms with van der Waals surface area (Å²) in [5.74, 6) is 1.78. The van der Waals surface area contributed by atoms with Crippen LogP contribution < -0.4 is 14.2 Å². The molecule has 2 aromatic carbocycles. The molecule has 0 aliphatic carbocycles. The van der Waals surface area contributed by atoms with Crippen LogP contribution in [0.5, 0.6) is 11.5 Å². The number of hydrogen-bond donors (Lipinski definition) is 1. The van der Waals surface area contributed by atoms with Crippen LogP contribution >= 0.6 is 0 Å². The molecule has 3 rings (SSSR count). The van der Waals surface area contributed by atoms with E-state index in [9.17, 15) is 8.42 Å². The van der Waals surface area contributed by atoms with Crippen molar-refractivity contribution < 1.29 is 17.9 Å². The van der Waals surface area contributed by atoms with E-state index >= 15 is 0 Å². The summed E-state index contributed by atoms with van der Waals surface area (Å²) in [5, 5.41) is 0. The van der Waals surface area contributed by atoms with E-state index < -0.39 is 10.0 Å². The van der Waals surface area contributed by atoms with Gasteiger partial charge in [0.25, 0.3) is 0 Å². The molecule has 0 bridgehead atoms. The monoisotopic (exact) mass is 375 g/mol. The molecule has 2 aromatic rings. The van der Waals surface area contributed by atoms with E-state index in [1.54, 1.807) is 7.11 Å². The fourth-order valence-corrected chi connectivity index (χ4v) is 4.49. The molecule has 26 heavy (non-hydrogen) atoms. The Bertz CT molecular complexity index is 847. The largest absolute Gasteiger partial charge is 0.497 e. The molecule has 0 saturated carbocycles. The van der Waals surface area contributed by atoms with Crippen molar-refractivity contribution in [1.29, 1.82) is 0 Å². The van der Waals surface area contributed by atoms with Gasteiger partial charge < -0.3 is 9.47 Å². The van der Waals surface area contributed by atoms with E-state index in [1.165, 1.54) is 5.56 Å². The first-order valence-electron chi connectivity index (χ1n) is 8.83. The van der Waals surface area contributed by atoms with Crippen molar-refractivity contribution in [3.63, 3.8) is 0 Å². The first kappa shape index (κ1) is 18.7. The zero-order valence-electron chi connectivity index (χ0n) is 15.2. The second-order valence-electron chi connectivity index (χ2n) is 6.68.